The highest BCUT2D eigenvalue weighted by atomic mass is 16.5. The van der Waals surface area contributed by atoms with Crippen LogP contribution in [0.5, 0.6) is 0 Å². The van der Waals surface area contributed by atoms with Crippen molar-refractivity contribution < 1.29 is 19.1 Å². The number of ketones is 1. The Hall–Kier alpha value is -3.41. The maximum absolute atomic E-state index is 12.1. The van der Waals surface area contributed by atoms with E-state index in [2.05, 4.69) is 10.3 Å². The molecule has 3 rings (SSSR count). The van der Waals surface area contributed by atoms with Gasteiger partial charge in [0.2, 0.25) is 0 Å². The Bertz CT molecular complexity index is 941. The number of carbonyl (C=O) groups excluding carboxylic acids is 3. The van der Waals surface area contributed by atoms with Gasteiger partial charge in [0, 0.05) is 28.4 Å². The van der Waals surface area contributed by atoms with Crippen molar-refractivity contribution in [2.75, 3.05) is 11.9 Å². The third kappa shape index (κ3) is 3.74. The van der Waals surface area contributed by atoms with E-state index in [1.807, 2.05) is 18.2 Å². The van der Waals surface area contributed by atoms with Crippen LogP contribution in [0.25, 0.3) is 10.9 Å². The molecule has 6 heteroatoms. The Morgan fingerprint density at radius 2 is 1.76 bits per heavy atom. The predicted octanol–water partition coefficient (Wildman–Crippen LogP) is 3.17. The first kappa shape index (κ1) is 16.4. The topological polar surface area (TPSA) is 88.3 Å². The fourth-order valence-electron chi connectivity index (χ4n) is 2.43. The van der Waals surface area contributed by atoms with E-state index in [9.17, 15) is 14.4 Å². The molecule has 1 aromatic heterocycles. The number of para-hydroxylation sites is 1. The number of fused-ring (bicyclic) bond motifs is 1. The lowest BCUT2D eigenvalue weighted by Gasteiger charge is -2.07. The molecule has 0 atom stereocenters. The number of aromatic nitrogens is 1. The summed E-state index contributed by atoms with van der Waals surface area (Å²) in [7, 11) is 0. The van der Waals surface area contributed by atoms with E-state index < -0.39 is 18.5 Å². The molecule has 0 aliphatic heterocycles. The van der Waals surface area contributed by atoms with Gasteiger partial charge in [-0.1, -0.05) is 18.2 Å². The highest BCUT2D eigenvalue weighted by Crippen LogP contribution is 2.18. The van der Waals surface area contributed by atoms with Gasteiger partial charge in [0.15, 0.2) is 12.4 Å². The molecule has 2 aromatic carbocycles. The Balaban J connectivity index is 1.58. The molecule has 1 amide bonds. The van der Waals surface area contributed by atoms with Crippen molar-refractivity contribution in [2.45, 2.75) is 6.92 Å². The molecule has 0 saturated heterocycles. The van der Waals surface area contributed by atoms with Crippen molar-refractivity contribution in [3.63, 3.8) is 0 Å². The number of anilines is 1. The number of benzene rings is 2. The second kappa shape index (κ2) is 7.00. The molecule has 2 N–H and O–H groups in total. The Labute approximate surface area is 143 Å². The molecule has 0 fully saturated rings. The van der Waals surface area contributed by atoms with E-state index in [1.54, 1.807) is 36.5 Å². The van der Waals surface area contributed by atoms with Crippen LogP contribution in [-0.2, 0) is 9.53 Å². The zero-order valence-electron chi connectivity index (χ0n) is 13.5. The number of rotatable bonds is 5. The molecular formula is C19H16N2O4. The lowest BCUT2D eigenvalue weighted by Crippen LogP contribution is -2.20. The molecule has 6 nitrogen and oxygen atoms in total. The van der Waals surface area contributed by atoms with E-state index in [1.165, 1.54) is 6.92 Å². The first-order valence-corrected chi connectivity index (χ1v) is 7.68. The number of amides is 1. The normalized spacial score (nSPS) is 10.4. The minimum absolute atomic E-state index is 0.0504. The molecule has 0 spiro atoms. The molecule has 25 heavy (non-hydrogen) atoms. The lowest BCUT2D eigenvalue weighted by molar-refractivity contribution is -0.119. The molecule has 0 radical (unpaired) electrons. The molecule has 0 aliphatic rings. The van der Waals surface area contributed by atoms with Crippen LogP contribution in [0, 0.1) is 0 Å². The number of nitrogens with one attached hydrogen (secondary N) is 2. The third-order valence-electron chi connectivity index (χ3n) is 3.72. The standard InChI is InChI=1S/C19H16N2O4/c1-12(22)13-6-8-14(9-7-13)21-18(23)11-25-19(24)16-10-20-17-5-3-2-4-15(16)17/h2-10,20H,11H2,1H3,(H,21,23). The number of esters is 1. The second-order valence-corrected chi connectivity index (χ2v) is 5.51. The summed E-state index contributed by atoms with van der Waals surface area (Å²) < 4.78 is 5.07. The molecule has 0 bridgehead atoms. The van der Waals surface area contributed by atoms with Crippen LogP contribution in [0.3, 0.4) is 0 Å². The van der Waals surface area contributed by atoms with Crippen LogP contribution in [0.4, 0.5) is 5.69 Å². The van der Waals surface area contributed by atoms with Crippen LogP contribution >= 0.6 is 0 Å². The molecule has 0 saturated carbocycles. The largest absolute Gasteiger partial charge is 0.452 e. The molecule has 126 valence electrons. The van der Waals surface area contributed by atoms with Crippen molar-refractivity contribution in [3.05, 3.63) is 65.9 Å². The average molecular weight is 336 g/mol. The summed E-state index contributed by atoms with van der Waals surface area (Å²) in [6, 6.07) is 13.8. The summed E-state index contributed by atoms with van der Waals surface area (Å²) in [6.45, 7) is 1.07. The Morgan fingerprint density at radius 3 is 2.48 bits per heavy atom. The number of hydrogen-bond donors (Lipinski definition) is 2. The number of H-pyrrole nitrogens is 1. The first-order valence-electron chi connectivity index (χ1n) is 7.68. The summed E-state index contributed by atoms with van der Waals surface area (Å²) in [5, 5.41) is 3.35. The van der Waals surface area contributed by atoms with Gasteiger partial charge >= 0.3 is 5.97 Å². The van der Waals surface area contributed by atoms with Gasteiger partial charge < -0.3 is 15.0 Å². The highest BCUT2D eigenvalue weighted by molar-refractivity contribution is 6.05. The molecule has 0 unspecified atom stereocenters. The fraction of sp³-hybridized carbons (Fsp3) is 0.105. The van der Waals surface area contributed by atoms with Crippen LogP contribution < -0.4 is 5.32 Å². The van der Waals surface area contributed by atoms with Crippen molar-refractivity contribution in [1.29, 1.82) is 0 Å². The predicted molar refractivity (Wildman–Crippen MR) is 93.7 cm³/mol. The van der Waals surface area contributed by atoms with Crippen molar-refractivity contribution in [1.82, 2.24) is 4.98 Å². The molecule has 1 heterocycles. The Kier molecular flexibility index (Phi) is 4.61. The minimum atomic E-state index is -0.570. The van der Waals surface area contributed by atoms with Crippen molar-refractivity contribution in [2.24, 2.45) is 0 Å². The summed E-state index contributed by atoms with van der Waals surface area (Å²) in [6.07, 6.45) is 1.56. The number of hydrogen-bond acceptors (Lipinski definition) is 4. The number of ether oxygens (including phenoxy) is 1. The minimum Gasteiger partial charge on any atom is -0.452 e. The molecule has 3 aromatic rings. The zero-order valence-corrected chi connectivity index (χ0v) is 13.5. The zero-order chi connectivity index (χ0) is 17.8. The monoisotopic (exact) mass is 336 g/mol. The first-order chi connectivity index (χ1) is 12.0. The van der Waals surface area contributed by atoms with E-state index in [0.29, 0.717) is 16.8 Å². The van der Waals surface area contributed by atoms with Gasteiger partial charge in [0.1, 0.15) is 0 Å². The van der Waals surface area contributed by atoms with Crippen LogP contribution in [-0.4, -0.2) is 29.3 Å². The second-order valence-electron chi connectivity index (χ2n) is 5.51. The van der Waals surface area contributed by atoms with Gasteiger partial charge in [0.25, 0.3) is 5.91 Å². The molecular weight excluding hydrogens is 320 g/mol. The number of aromatic amines is 1. The quantitative estimate of drug-likeness (QED) is 0.553. The SMILES string of the molecule is CC(=O)c1ccc(NC(=O)COC(=O)c2c[nH]c3ccccc23)cc1. The van der Waals surface area contributed by atoms with Gasteiger partial charge in [-0.15, -0.1) is 0 Å². The maximum atomic E-state index is 12.1. The van der Waals surface area contributed by atoms with Crippen molar-refractivity contribution >= 4 is 34.3 Å². The average Bonchev–Trinajstić information content (AvgIpc) is 3.04. The summed E-state index contributed by atoms with van der Waals surface area (Å²) in [5.41, 5.74) is 2.29. The van der Waals surface area contributed by atoms with E-state index in [0.717, 1.165) is 10.9 Å². The summed E-state index contributed by atoms with van der Waals surface area (Å²) in [5.74, 6) is -1.08. The van der Waals surface area contributed by atoms with Gasteiger partial charge in [0.05, 0.1) is 5.56 Å². The van der Waals surface area contributed by atoms with E-state index in [-0.39, 0.29) is 5.78 Å². The van der Waals surface area contributed by atoms with Gasteiger partial charge in [-0.25, -0.2) is 4.79 Å². The van der Waals surface area contributed by atoms with Gasteiger partial charge in [-0.05, 0) is 37.3 Å². The van der Waals surface area contributed by atoms with Crippen LogP contribution in [0.2, 0.25) is 0 Å². The summed E-state index contributed by atoms with van der Waals surface area (Å²) >= 11 is 0. The number of Topliss-reactive ketones (excluding diaryl/α,β-unsaturated/α-hetero) is 1. The van der Waals surface area contributed by atoms with Crippen LogP contribution in [0.1, 0.15) is 27.6 Å². The number of carbonyl (C=O) groups is 3. The maximum Gasteiger partial charge on any atom is 0.340 e. The molecule has 0 aliphatic carbocycles. The van der Waals surface area contributed by atoms with Crippen LogP contribution in [0.15, 0.2) is 54.7 Å². The highest BCUT2D eigenvalue weighted by Gasteiger charge is 2.14. The Morgan fingerprint density at radius 1 is 1.04 bits per heavy atom. The third-order valence-corrected chi connectivity index (χ3v) is 3.72. The van der Waals surface area contributed by atoms with Gasteiger partial charge in [-0.2, -0.15) is 0 Å². The van der Waals surface area contributed by atoms with Gasteiger partial charge in [-0.3, -0.25) is 9.59 Å². The van der Waals surface area contributed by atoms with E-state index in [4.69, 9.17) is 4.74 Å². The lowest BCUT2D eigenvalue weighted by atomic mass is 10.1. The van der Waals surface area contributed by atoms with Crippen molar-refractivity contribution in [3.8, 4) is 0 Å². The van der Waals surface area contributed by atoms with E-state index >= 15 is 0 Å². The summed E-state index contributed by atoms with van der Waals surface area (Å²) in [4.78, 5) is 38.2. The smallest absolute Gasteiger partial charge is 0.340 e. The fourth-order valence-corrected chi connectivity index (χ4v) is 2.43.